The number of sulfonamides is 1. The fourth-order valence-corrected chi connectivity index (χ4v) is 6.95. The third kappa shape index (κ3) is 9.00. The van der Waals surface area contributed by atoms with Gasteiger partial charge in [0, 0.05) is 60.7 Å². The lowest BCUT2D eigenvalue weighted by Gasteiger charge is -2.13. The number of anilines is 1. The first-order valence-corrected chi connectivity index (χ1v) is 17.5. The van der Waals surface area contributed by atoms with E-state index in [1.807, 2.05) is 36.0 Å². The van der Waals surface area contributed by atoms with Gasteiger partial charge in [-0.25, -0.2) is 17.9 Å². The van der Waals surface area contributed by atoms with E-state index in [4.69, 9.17) is 14.2 Å². The van der Waals surface area contributed by atoms with Crippen LogP contribution in [0.1, 0.15) is 72.5 Å². The molecule has 1 aliphatic carbocycles. The number of fused-ring (bicyclic) bond motifs is 1. The maximum absolute atomic E-state index is 13.3. The van der Waals surface area contributed by atoms with Crippen LogP contribution >= 0.6 is 0 Å². The molecule has 1 aromatic heterocycles. The normalized spacial score (nSPS) is 13.0. The molecule has 1 heterocycles. The highest BCUT2D eigenvalue weighted by molar-refractivity contribution is 7.90. The molecule has 49 heavy (non-hydrogen) atoms. The van der Waals surface area contributed by atoms with Gasteiger partial charge in [0.1, 0.15) is 16.7 Å². The predicted octanol–water partition coefficient (Wildman–Crippen LogP) is 6.08. The number of carbonyl (C=O) groups excluding carboxylic acids is 3. The van der Waals surface area contributed by atoms with Crippen LogP contribution in [0.25, 0.3) is 10.9 Å². The Labute approximate surface area is 286 Å². The standard InChI is InChI=1S/C37H39N3O8S/c1-25(41)47-20-10-4-5-11-26-12-6-9-15-35(26)49(44,45)39-36(42)28-17-16-27(34(22-28)46-3)21-29-24-40(2)33-19-18-30(23-32(29)33)38-37(43)48-31-13-7-8-14-31/h6,9,12,15-19,22-24,31H,4,7-8,10,13-14,20-21H2,1-3H3,(H,38,43)(H,39,42). The van der Waals surface area contributed by atoms with Crippen molar-refractivity contribution in [2.45, 2.75) is 62.9 Å². The van der Waals surface area contributed by atoms with Gasteiger partial charge in [0.05, 0.1) is 13.7 Å². The zero-order valence-electron chi connectivity index (χ0n) is 27.7. The lowest BCUT2D eigenvalue weighted by Crippen LogP contribution is -2.31. The molecule has 3 aromatic carbocycles. The molecule has 0 unspecified atom stereocenters. The van der Waals surface area contributed by atoms with Gasteiger partial charge in [-0.05, 0) is 85.7 Å². The van der Waals surface area contributed by atoms with Gasteiger partial charge in [-0.2, -0.15) is 0 Å². The summed E-state index contributed by atoms with van der Waals surface area (Å²) in [5, 5.41) is 3.78. The fraction of sp³-hybridized carbons (Fsp3) is 0.324. The van der Waals surface area contributed by atoms with Gasteiger partial charge in [-0.1, -0.05) is 30.0 Å². The van der Waals surface area contributed by atoms with Gasteiger partial charge in [0.2, 0.25) is 0 Å². The molecule has 0 bridgehead atoms. The van der Waals surface area contributed by atoms with Crippen molar-refractivity contribution >= 4 is 44.6 Å². The van der Waals surface area contributed by atoms with Gasteiger partial charge in [0.25, 0.3) is 15.9 Å². The maximum atomic E-state index is 13.3. The van der Waals surface area contributed by atoms with Crippen molar-refractivity contribution in [3.05, 3.63) is 89.1 Å². The predicted molar refractivity (Wildman–Crippen MR) is 185 cm³/mol. The lowest BCUT2D eigenvalue weighted by molar-refractivity contribution is -0.141. The third-order valence-electron chi connectivity index (χ3n) is 8.20. The topological polar surface area (TPSA) is 142 Å². The number of ether oxygens (including phenoxy) is 3. The largest absolute Gasteiger partial charge is 0.496 e. The first-order chi connectivity index (χ1) is 23.5. The zero-order valence-corrected chi connectivity index (χ0v) is 28.5. The number of aromatic nitrogens is 1. The second kappa shape index (κ2) is 15.7. The quantitative estimate of drug-likeness (QED) is 0.110. The summed E-state index contributed by atoms with van der Waals surface area (Å²) >= 11 is 0. The van der Waals surface area contributed by atoms with E-state index in [0.29, 0.717) is 30.7 Å². The van der Waals surface area contributed by atoms with Gasteiger partial charge >= 0.3 is 12.1 Å². The van der Waals surface area contributed by atoms with Crippen molar-refractivity contribution < 1.29 is 37.0 Å². The van der Waals surface area contributed by atoms with Crippen LogP contribution in [0.3, 0.4) is 0 Å². The van der Waals surface area contributed by atoms with Crippen molar-refractivity contribution in [2.24, 2.45) is 7.05 Å². The van der Waals surface area contributed by atoms with Crippen LogP contribution in [0.5, 0.6) is 5.75 Å². The van der Waals surface area contributed by atoms with E-state index in [0.717, 1.165) is 47.7 Å². The molecule has 5 rings (SSSR count). The van der Waals surface area contributed by atoms with Crippen LogP contribution in [0.15, 0.2) is 71.8 Å². The molecular weight excluding hydrogens is 646 g/mol. The van der Waals surface area contributed by atoms with Crippen LogP contribution in [-0.4, -0.2) is 50.8 Å². The highest BCUT2D eigenvalue weighted by Gasteiger charge is 2.23. The Hall–Kier alpha value is -5.28. The number of benzene rings is 3. The summed E-state index contributed by atoms with van der Waals surface area (Å²) in [6.45, 7) is 1.55. The van der Waals surface area contributed by atoms with Crippen LogP contribution < -0.4 is 14.8 Å². The Morgan fingerprint density at radius 3 is 2.53 bits per heavy atom. The van der Waals surface area contributed by atoms with E-state index in [-0.39, 0.29) is 34.7 Å². The number of hydrogen-bond acceptors (Lipinski definition) is 8. The molecule has 256 valence electrons. The van der Waals surface area contributed by atoms with Crippen molar-refractivity contribution in [1.29, 1.82) is 0 Å². The van der Waals surface area contributed by atoms with Gasteiger partial charge in [-0.3, -0.25) is 14.9 Å². The summed E-state index contributed by atoms with van der Waals surface area (Å²) < 4.78 is 46.8. The minimum atomic E-state index is -4.27. The molecular formula is C37H39N3O8S. The molecule has 1 fully saturated rings. The highest BCUT2D eigenvalue weighted by Crippen LogP contribution is 2.30. The minimum absolute atomic E-state index is 0.0411. The SMILES string of the molecule is COc1cc(C(=O)NS(=O)(=O)c2ccccc2C#CCCCOC(C)=O)ccc1Cc1cn(C)c2ccc(NC(=O)OC3CCCC3)cc12. The van der Waals surface area contributed by atoms with Gasteiger partial charge < -0.3 is 18.8 Å². The number of amides is 2. The van der Waals surface area contributed by atoms with Crippen LogP contribution in [0, 0.1) is 11.8 Å². The molecule has 12 heteroatoms. The van der Waals surface area contributed by atoms with E-state index < -0.39 is 22.0 Å². The third-order valence-corrected chi connectivity index (χ3v) is 9.59. The average Bonchev–Trinajstić information content (AvgIpc) is 3.69. The number of unbranched alkanes of at least 4 members (excludes halogenated alkanes) is 1. The van der Waals surface area contributed by atoms with Crippen molar-refractivity contribution in [3.63, 3.8) is 0 Å². The van der Waals surface area contributed by atoms with Crippen molar-refractivity contribution in [3.8, 4) is 17.6 Å². The van der Waals surface area contributed by atoms with Crippen LogP contribution in [0.4, 0.5) is 10.5 Å². The minimum Gasteiger partial charge on any atom is -0.496 e. The first kappa shape index (κ1) is 35.0. The second-order valence-electron chi connectivity index (χ2n) is 11.8. The molecule has 0 saturated heterocycles. The second-order valence-corrected chi connectivity index (χ2v) is 13.5. The monoisotopic (exact) mass is 685 g/mol. The Morgan fingerprint density at radius 1 is 1.00 bits per heavy atom. The summed E-state index contributed by atoms with van der Waals surface area (Å²) in [6.07, 6.45) is 6.75. The summed E-state index contributed by atoms with van der Waals surface area (Å²) in [7, 11) is -0.846. The summed E-state index contributed by atoms with van der Waals surface area (Å²) in [5.41, 5.74) is 3.67. The van der Waals surface area contributed by atoms with Crippen molar-refractivity contribution in [1.82, 2.24) is 9.29 Å². The van der Waals surface area contributed by atoms with E-state index in [1.54, 1.807) is 30.3 Å². The van der Waals surface area contributed by atoms with Gasteiger partial charge in [-0.15, -0.1) is 0 Å². The summed E-state index contributed by atoms with van der Waals surface area (Å²) in [4.78, 5) is 36.5. The Morgan fingerprint density at radius 2 is 1.78 bits per heavy atom. The Bertz CT molecular complexity index is 2040. The molecule has 4 aromatic rings. The number of esters is 1. The zero-order chi connectivity index (χ0) is 35.0. The maximum Gasteiger partial charge on any atom is 0.411 e. The number of nitrogens with zero attached hydrogens (tertiary/aromatic N) is 1. The number of rotatable bonds is 11. The summed E-state index contributed by atoms with van der Waals surface area (Å²) in [6, 6.07) is 16.6. The van der Waals surface area contributed by atoms with E-state index in [1.165, 1.54) is 26.2 Å². The molecule has 1 saturated carbocycles. The fourth-order valence-electron chi connectivity index (χ4n) is 5.81. The van der Waals surface area contributed by atoms with E-state index in [9.17, 15) is 22.8 Å². The first-order valence-electron chi connectivity index (χ1n) is 16.0. The number of aryl methyl sites for hydroxylation is 1. The highest BCUT2D eigenvalue weighted by atomic mass is 32.2. The molecule has 0 spiro atoms. The Balaban J connectivity index is 1.29. The van der Waals surface area contributed by atoms with Crippen LogP contribution in [0.2, 0.25) is 0 Å². The molecule has 2 amide bonds. The Kier molecular flexibility index (Phi) is 11.3. The molecule has 2 N–H and O–H groups in total. The van der Waals surface area contributed by atoms with E-state index in [2.05, 4.69) is 21.9 Å². The molecule has 0 radical (unpaired) electrons. The van der Waals surface area contributed by atoms with Gasteiger partial charge in [0.15, 0.2) is 0 Å². The lowest BCUT2D eigenvalue weighted by atomic mass is 10.0. The van der Waals surface area contributed by atoms with E-state index >= 15 is 0 Å². The molecule has 0 aliphatic heterocycles. The van der Waals surface area contributed by atoms with Crippen LogP contribution in [-0.2, 0) is 37.8 Å². The van der Waals surface area contributed by atoms with Crippen molar-refractivity contribution in [2.75, 3.05) is 19.0 Å². The number of methoxy groups -OCH3 is 1. The number of nitrogens with one attached hydrogen (secondary N) is 2. The summed E-state index contributed by atoms with van der Waals surface area (Å²) in [5.74, 6) is 4.95. The average molecular weight is 686 g/mol. The molecule has 11 nitrogen and oxygen atoms in total. The smallest absolute Gasteiger partial charge is 0.411 e. The molecule has 1 aliphatic rings. The number of hydrogen-bond donors (Lipinski definition) is 2. The molecule has 0 atom stereocenters. The number of carbonyl (C=O) groups is 3.